The van der Waals surface area contributed by atoms with E-state index >= 15 is 0 Å². The third-order valence-electron chi connectivity index (χ3n) is 6.14. The largest absolute Gasteiger partial charge is 0.418 e. The fourth-order valence-corrected chi connectivity index (χ4v) is 4.22. The highest BCUT2D eigenvalue weighted by Crippen LogP contribution is 2.36. The molecular formula is C26H22F3N3O3. The minimum Gasteiger partial charge on any atom is -0.317 e. The predicted molar refractivity (Wildman–Crippen MR) is 125 cm³/mol. The highest BCUT2D eigenvalue weighted by Gasteiger charge is 2.38. The Morgan fingerprint density at radius 1 is 0.886 bits per heavy atom. The van der Waals surface area contributed by atoms with Crippen molar-refractivity contribution in [1.82, 2.24) is 9.88 Å². The molecule has 0 atom stereocenters. The molecule has 6 nitrogen and oxygen atoms in total. The molecule has 2 aromatic carbocycles. The number of alkyl halides is 3. The van der Waals surface area contributed by atoms with Gasteiger partial charge in [-0.2, -0.15) is 13.2 Å². The first kappa shape index (κ1) is 24.0. The second-order valence-electron chi connectivity index (χ2n) is 8.35. The van der Waals surface area contributed by atoms with E-state index in [0.717, 1.165) is 16.5 Å². The maximum atomic E-state index is 13.6. The summed E-state index contributed by atoms with van der Waals surface area (Å²) in [7, 11) is 0. The number of urea groups is 1. The Bertz CT molecular complexity index is 1420. The summed E-state index contributed by atoms with van der Waals surface area (Å²) in [4.78, 5) is 39.3. The first-order valence-electron chi connectivity index (χ1n) is 10.7. The zero-order valence-corrected chi connectivity index (χ0v) is 19.4. The molecular weight excluding hydrogens is 459 g/mol. The Hall–Kier alpha value is -4.14. The van der Waals surface area contributed by atoms with Gasteiger partial charge in [-0.3, -0.25) is 14.9 Å². The number of nitrogens with zero attached hydrogens (tertiary/aromatic N) is 2. The van der Waals surface area contributed by atoms with Crippen molar-refractivity contribution < 1.29 is 27.6 Å². The molecule has 35 heavy (non-hydrogen) atoms. The smallest absolute Gasteiger partial charge is 0.317 e. The summed E-state index contributed by atoms with van der Waals surface area (Å²) in [5.41, 5.74) is 2.01. The van der Waals surface area contributed by atoms with E-state index in [0.29, 0.717) is 28.2 Å². The van der Waals surface area contributed by atoms with E-state index in [-0.39, 0.29) is 11.3 Å². The van der Waals surface area contributed by atoms with Crippen molar-refractivity contribution in [2.45, 2.75) is 33.9 Å². The number of nitrogens with one attached hydrogen (secondary N) is 1. The normalized spacial score (nSPS) is 15.7. The van der Waals surface area contributed by atoms with Crippen LogP contribution >= 0.6 is 0 Å². The Morgan fingerprint density at radius 3 is 2.23 bits per heavy atom. The summed E-state index contributed by atoms with van der Waals surface area (Å²) in [6.07, 6.45) is -3.26. The molecule has 0 unspecified atom stereocenters. The number of carbonyl (C=O) groups is 3. The van der Waals surface area contributed by atoms with Crippen LogP contribution in [-0.4, -0.2) is 22.4 Å². The van der Waals surface area contributed by atoms with Gasteiger partial charge in [0.2, 0.25) is 0 Å². The maximum Gasteiger partial charge on any atom is 0.418 e. The van der Waals surface area contributed by atoms with E-state index < -0.39 is 29.6 Å². The molecule has 0 saturated carbocycles. The van der Waals surface area contributed by atoms with Crippen LogP contribution in [0.15, 0.2) is 54.1 Å². The van der Waals surface area contributed by atoms with Crippen molar-refractivity contribution in [3.05, 3.63) is 87.7 Å². The third kappa shape index (κ3) is 4.14. The van der Waals surface area contributed by atoms with Crippen LogP contribution in [0.2, 0.25) is 0 Å². The van der Waals surface area contributed by atoms with Crippen LogP contribution in [0.25, 0.3) is 11.8 Å². The molecule has 3 aromatic rings. The lowest BCUT2D eigenvalue weighted by Gasteiger charge is -2.28. The average Bonchev–Trinajstić information content (AvgIpc) is 3.06. The average molecular weight is 481 g/mol. The van der Waals surface area contributed by atoms with Crippen LogP contribution in [0.3, 0.4) is 0 Å². The van der Waals surface area contributed by atoms with Crippen molar-refractivity contribution in [2.75, 3.05) is 4.90 Å². The van der Waals surface area contributed by atoms with E-state index in [4.69, 9.17) is 0 Å². The molecule has 9 heteroatoms. The Morgan fingerprint density at radius 2 is 1.54 bits per heavy atom. The standard InChI is InChI=1S/C26H22F3N3O3/c1-14-8-7-11-21(16(14)3)32-24(34)19(23(33)30-25(32)35)13-18-12-15(2)31(17(18)4)22-10-6-5-9-20(22)26(27,28)29/h5-13H,1-4H3,(H,30,33,35)/b19-13+. The van der Waals surface area contributed by atoms with E-state index in [2.05, 4.69) is 5.32 Å². The lowest BCUT2D eigenvalue weighted by Crippen LogP contribution is -2.54. The number of rotatable bonds is 3. The van der Waals surface area contributed by atoms with Gasteiger partial charge in [0.1, 0.15) is 5.57 Å². The van der Waals surface area contributed by atoms with Gasteiger partial charge in [0, 0.05) is 11.4 Å². The van der Waals surface area contributed by atoms with Crippen molar-refractivity contribution in [2.24, 2.45) is 0 Å². The molecule has 0 aliphatic carbocycles. The van der Waals surface area contributed by atoms with Gasteiger partial charge in [0.05, 0.1) is 16.9 Å². The van der Waals surface area contributed by atoms with Gasteiger partial charge in [-0.25, -0.2) is 9.69 Å². The van der Waals surface area contributed by atoms with Crippen LogP contribution in [0, 0.1) is 27.7 Å². The molecule has 180 valence electrons. The monoisotopic (exact) mass is 481 g/mol. The number of aromatic nitrogens is 1. The van der Waals surface area contributed by atoms with E-state index in [1.165, 1.54) is 28.8 Å². The number of imide groups is 2. The summed E-state index contributed by atoms with van der Waals surface area (Å²) in [6.45, 7) is 6.83. The molecule has 2 heterocycles. The topological polar surface area (TPSA) is 71.4 Å². The van der Waals surface area contributed by atoms with Crippen molar-refractivity contribution >= 4 is 29.6 Å². The number of hydrogen-bond donors (Lipinski definition) is 1. The van der Waals surface area contributed by atoms with Gasteiger partial charge < -0.3 is 4.57 Å². The zero-order chi connectivity index (χ0) is 25.7. The Labute approximate surface area is 199 Å². The fourth-order valence-electron chi connectivity index (χ4n) is 4.22. The van der Waals surface area contributed by atoms with Crippen LogP contribution in [0.5, 0.6) is 0 Å². The molecule has 4 amide bonds. The molecule has 1 aliphatic rings. The van der Waals surface area contributed by atoms with Gasteiger partial charge in [-0.15, -0.1) is 0 Å². The quantitative estimate of drug-likeness (QED) is 0.403. The molecule has 1 aromatic heterocycles. The molecule has 0 bridgehead atoms. The maximum absolute atomic E-state index is 13.6. The summed E-state index contributed by atoms with van der Waals surface area (Å²) < 4.78 is 42.3. The minimum absolute atomic E-state index is 0.0636. The van der Waals surface area contributed by atoms with E-state index in [1.807, 2.05) is 13.0 Å². The van der Waals surface area contributed by atoms with E-state index in [1.54, 1.807) is 39.0 Å². The summed E-state index contributed by atoms with van der Waals surface area (Å²) in [5, 5.41) is 2.18. The van der Waals surface area contributed by atoms with E-state index in [9.17, 15) is 27.6 Å². The highest BCUT2D eigenvalue weighted by atomic mass is 19.4. The molecule has 1 fully saturated rings. The number of hydrogen-bond acceptors (Lipinski definition) is 3. The number of benzene rings is 2. The molecule has 4 rings (SSSR count). The number of barbiturate groups is 1. The first-order chi connectivity index (χ1) is 16.4. The number of amides is 4. The molecule has 1 N–H and O–H groups in total. The Balaban J connectivity index is 1.82. The Kier molecular flexibility index (Phi) is 5.88. The van der Waals surface area contributed by atoms with Crippen LogP contribution in [0.1, 0.15) is 33.6 Å². The van der Waals surface area contributed by atoms with Gasteiger partial charge in [0.15, 0.2) is 0 Å². The first-order valence-corrected chi connectivity index (χ1v) is 10.7. The predicted octanol–water partition coefficient (Wildman–Crippen LogP) is 5.40. The van der Waals surface area contributed by atoms with Gasteiger partial charge in [-0.1, -0.05) is 24.3 Å². The summed E-state index contributed by atoms with van der Waals surface area (Å²) in [5.74, 6) is -1.69. The second-order valence-corrected chi connectivity index (χ2v) is 8.35. The zero-order valence-electron chi connectivity index (χ0n) is 19.4. The SMILES string of the molecule is Cc1cccc(N2C(=O)NC(=O)/C(=C\c3cc(C)n(-c4ccccc4C(F)(F)F)c3C)C2=O)c1C. The van der Waals surface area contributed by atoms with Gasteiger partial charge in [0.25, 0.3) is 11.8 Å². The van der Waals surface area contributed by atoms with Crippen LogP contribution in [0.4, 0.5) is 23.7 Å². The van der Waals surface area contributed by atoms with Crippen molar-refractivity contribution in [1.29, 1.82) is 0 Å². The highest BCUT2D eigenvalue weighted by molar-refractivity contribution is 6.39. The van der Waals surface area contributed by atoms with Crippen LogP contribution in [-0.2, 0) is 15.8 Å². The molecule has 1 saturated heterocycles. The number of carbonyl (C=O) groups excluding carboxylic acids is 3. The number of halogens is 3. The molecule has 1 aliphatic heterocycles. The lowest BCUT2D eigenvalue weighted by atomic mass is 10.0. The third-order valence-corrected chi connectivity index (χ3v) is 6.14. The molecule has 0 spiro atoms. The van der Waals surface area contributed by atoms with Crippen LogP contribution < -0.4 is 10.2 Å². The summed E-state index contributed by atoms with van der Waals surface area (Å²) in [6, 6.07) is 11.0. The number of anilines is 1. The van der Waals surface area contributed by atoms with Gasteiger partial charge in [-0.05, 0) is 74.7 Å². The van der Waals surface area contributed by atoms with Gasteiger partial charge >= 0.3 is 12.2 Å². The molecule has 0 radical (unpaired) electrons. The second kappa shape index (κ2) is 8.57. The van der Waals surface area contributed by atoms with Crippen molar-refractivity contribution in [3.63, 3.8) is 0 Å². The number of aryl methyl sites for hydroxylation is 2. The minimum atomic E-state index is -4.57. The lowest BCUT2D eigenvalue weighted by molar-refractivity contribution is -0.137. The summed E-state index contributed by atoms with van der Waals surface area (Å²) >= 11 is 0. The van der Waals surface area contributed by atoms with Crippen molar-refractivity contribution in [3.8, 4) is 5.69 Å². The fraction of sp³-hybridized carbons (Fsp3) is 0.192. The number of para-hydroxylation sites is 1.